The molecular formula is C60H42N2. The van der Waals surface area contributed by atoms with Gasteiger partial charge in [0, 0.05) is 33.2 Å². The van der Waals surface area contributed by atoms with Crippen molar-refractivity contribution in [2.24, 2.45) is 0 Å². The molecule has 62 heavy (non-hydrogen) atoms. The number of nitrogens with zero attached hydrogens (tertiary/aromatic N) is 2. The number of benzene rings is 9. The average Bonchev–Trinajstić information content (AvgIpc) is 3.87. The molecule has 2 heteroatoms. The molecule has 0 bridgehead atoms. The summed E-state index contributed by atoms with van der Waals surface area (Å²) in [7, 11) is 0. The van der Waals surface area contributed by atoms with Crippen LogP contribution in [0.25, 0.3) is 106 Å². The Hall–Kier alpha value is -7.94. The first-order valence-corrected chi connectivity index (χ1v) is 21.6. The summed E-state index contributed by atoms with van der Waals surface area (Å²) in [5, 5.41) is 3.89. The first-order chi connectivity index (χ1) is 30.7. The van der Waals surface area contributed by atoms with Gasteiger partial charge < -0.3 is 9.13 Å². The lowest BCUT2D eigenvalue weighted by atomic mass is 9.90. The zero-order valence-electron chi connectivity index (χ0n) is 34.2. The third kappa shape index (κ3) is 6.19. The normalized spacial score (nSPS) is 12.3. The topological polar surface area (TPSA) is 9.86 Å². The maximum Gasteiger partial charge on any atom is 0.0541 e. The SMILES string of the molecule is C1=Cc2c(c3ccccc3n2-c2ccc(-c3cc(-c4ccccc4)cc(-c4cc(-c5ccccc5)cc(-c5ccc(-n6c7ccccc7c7ccccc76)cc5)c4)c3)cc2)CC1. The summed E-state index contributed by atoms with van der Waals surface area (Å²) >= 11 is 0. The number of rotatable bonds is 7. The van der Waals surface area contributed by atoms with Crippen LogP contribution in [0.5, 0.6) is 0 Å². The fourth-order valence-corrected chi connectivity index (χ4v) is 9.79. The molecule has 2 heterocycles. The van der Waals surface area contributed by atoms with Crippen molar-refractivity contribution >= 4 is 38.8 Å². The molecular weight excluding hydrogens is 749 g/mol. The van der Waals surface area contributed by atoms with Crippen LogP contribution in [0.2, 0.25) is 0 Å². The lowest BCUT2D eigenvalue weighted by Crippen LogP contribution is -2.00. The molecule has 2 nitrogen and oxygen atoms in total. The Balaban J connectivity index is 0.981. The van der Waals surface area contributed by atoms with Crippen LogP contribution < -0.4 is 0 Å². The van der Waals surface area contributed by atoms with E-state index in [-0.39, 0.29) is 0 Å². The molecule has 1 aliphatic rings. The second-order valence-corrected chi connectivity index (χ2v) is 16.5. The molecule has 11 aromatic rings. The zero-order chi connectivity index (χ0) is 41.0. The largest absolute Gasteiger partial charge is 0.310 e. The summed E-state index contributed by atoms with van der Waals surface area (Å²) in [5.41, 5.74) is 20.7. The third-order valence-electron chi connectivity index (χ3n) is 12.8. The Morgan fingerprint density at radius 3 is 1.11 bits per heavy atom. The van der Waals surface area contributed by atoms with E-state index in [1.54, 1.807) is 0 Å². The van der Waals surface area contributed by atoms with Gasteiger partial charge in [-0.1, -0.05) is 146 Å². The standard InChI is InChI=1S/C60H42N2/c1-3-15-41(16-4-1)45-35-47(43-27-31-51(32-28-43)61-57-23-11-7-19-53(57)54-20-8-12-24-58(54)61)39-49(37-45)50-38-46(42-17-5-2-6-18-42)36-48(40-50)44-29-33-52(34-30-44)62-59-25-13-9-21-55(59)56-22-10-14-26-60(56)62/h1-9,11-21,23-40H,10,22H2. The third-order valence-corrected chi connectivity index (χ3v) is 12.8. The highest BCUT2D eigenvalue weighted by Gasteiger charge is 2.19. The van der Waals surface area contributed by atoms with E-state index >= 15 is 0 Å². The number of allylic oxidation sites excluding steroid dienone is 1. The molecule has 0 fully saturated rings. The molecule has 0 atom stereocenters. The molecule has 2 aromatic heterocycles. The Labute approximate surface area is 361 Å². The first kappa shape index (κ1) is 36.0. The predicted octanol–water partition coefficient (Wildman–Crippen LogP) is 16.0. The van der Waals surface area contributed by atoms with Gasteiger partial charge in [-0.15, -0.1) is 0 Å². The van der Waals surface area contributed by atoms with Crippen LogP contribution in [-0.4, -0.2) is 9.13 Å². The maximum absolute atomic E-state index is 2.43. The van der Waals surface area contributed by atoms with Crippen molar-refractivity contribution in [2.45, 2.75) is 12.8 Å². The molecule has 12 rings (SSSR count). The van der Waals surface area contributed by atoms with E-state index in [1.165, 1.54) is 105 Å². The fraction of sp³-hybridized carbons (Fsp3) is 0.0333. The van der Waals surface area contributed by atoms with Crippen LogP contribution in [0, 0.1) is 0 Å². The van der Waals surface area contributed by atoms with Crippen LogP contribution in [-0.2, 0) is 6.42 Å². The van der Waals surface area contributed by atoms with Crippen molar-refractivity contribution in [3.8, 4) is 67.0 Å². The second kappa shape index (κ2) is 15.0. The van der Waals surface area contributed by atoms with Gasteiger partial charge in [0.1, 0.15) is 0 Å². The van der Waals surface area contributed by atoms with E-state index in [4.69, 9.17) is 0 Å². The zero-order valence-corrected chi connectivity index (χ0v) is 34.2. The molecule has 0 unspecified atom stereocenters. The number of aromatic nitrogens is 2. The molecule has 0 saturated heterocycles. The summed E-state index contributed by atoms with van der Waals surface area (Å²) in [6.07, 6.45) is 6.78. The quantitative estimate of drug-likeness (QED) is 0.152. The Bertz CT molecular complexity index is 3420. The number of para-hydroxylation sites is 3. The van der Waals surface area contributed by atoms with Crippen molar-refractivity contribution in [1.82, 2.24) is 9.13 Å². The van der Waals surface area contributed by atoms with Gasteiger partial charge in [0.2, 0.25) is 0 Å². The summed E-state index contributed by atoms with van der Waals surface area (Å²) in [6.45, 7) is 0. The smallest absolute Gasteiger partial charge is 0.0541 e. The monoisotopic (exact) mass is 790 g/mol. The number of hydrogen-bond acceptors (Lipinski definition) is 0. The lowest BCUT2D eigenvalue weighted by Gasteiger charge is -2.16. The highest BCUT2D eigenvalue weighted by atomic mass is 15.0. The molecule has 0 amide bonds. The number of hydrogen-bond donors (Lipinski definition) is 0. The number of fused-ring (bicyclic) bond motifs is 6. The van der Waals surface area contributed by atoms with E-state index in [2.05, 4.69) is 240 Å². The minimum absolute atomic E-state index is 1.08. The van der Waals surface area contributed by atoms with Crippen LogP contribution >= 0.6 is 0 Å². The van der Waals surface area contributed by atoms with Crippen molar-refractivity contribution in [3.63, 3.8) is 0 Å². The molecule has 0 aliphatic heterocycles. The van der Waals surface area contributed by atoms with Crippen LogP contribution in [0.15, 0.2) is 224 Å². The highest BCUT2D eigenvalue weighted by Crippen LogP contribution is 2.40. The number of aryl methyl sites for hydroxylation is 1. The molecule has 292 valence electrons. The summed E-state index contributed by atoms with van der Waals surface area (Å²) in [4.78, 5) is 0. The molecule has 0 spiro atoms. The van der Waals surface area contributed by atoms with Gasteiger partial charge in [0.15, 0.2) is 0 Å². The minimum Gasteiger partial charge on any atom is -0.310 e. The van der Waals surface area contributed by atoms with Gasteiger partial charge in [0.25, 0.3) is 0 Å². The van der Waals surface area contributed by atoms with E-state index in [0.717, 1.165) is 18.5 Å². The van der Waals surface area contributed by atoms with E-state index < -0.39 is 0 Å². The van der Waals surface area contributed by atoms with E-state index in [1.807, 2.05) is 0 Å². The first-order valence-electron chi connectivity index (χ1n) is 21.6. The molecule has 0 radical (unpaired) electrons. The van der Waals surface area contributed by atoms with Gasteiger partial charge in [-0.05, 0) is 159 Å². The van der Waals surface area contributed by atoms with Gasteiger partial charge in [-0.25, -0.2) is 0 Å². The Morgan fingerprint density at radius 2 is 0.645 bits per heavy atom. The van der Waals surface area contributed by atoms with Crippen molar-refractivity contribution in [3.05, 3.63) is 236 Å². The van der Waals surface area contributed by atoms with Gasteiger partial charge in [0.05, 0.1) is 16.6 Å². The molecule has 0 N–H and O–H groups in total. The average molecular weight is 791 g/mol. The Morgan fingerprint density at radius 1 is 0.290 bits per heavy atom. The predicted molar refractivity (Wildman–Crippen MR) is 262 cm³/mol. The van der Waals surface area contributed by atoms with Crippen LogP contribution in [0.4, 0.5) is 0 Å². The lowest BCUT2D eigenvalue weighted by molar-refractivity contribution is 0.967. The second-order valence-electron chi connectivity index (χ2n) is 16.5. The summed E-state index contributed by atoms with van der Waals surface area (Å²) < 4.78 is 4.82. The Kier molecular flexibility index (Phi) is 8.67. The minimum atomic E-state index is 1.08. The molecule has 1 aliphatic carbocycles. The fourth-order valence-electron chi connectivity index (χ4n) is 9.79. The van der Waals surface area contributed by atoms with Crippen LogP contribution in [0.3, 0.4) is 0 Å². The van der Waals surface area contributed by atoms with Gasteiger partial charge >= 0.3 is 0 Å². The molecule has 9 aromatic carbocycles. The van der Waals surface area contributed by atoms with E-state index in [0.29, 0.717) is 0 Å². The van der Waals surface area contributed by atoms with Crippen molar-refractivity contribution in [2.75, 3.05) is 0 Å². The maximum atomic E-state index is 2.43. The van der Waals surface area contributed by atoms with Crippen molar-refractivity contribution in [1.29, 1.82) is 0 Å². The van der Waals surface area contributed by atoms with Crippen molar-refractivity contribution < 1.29 is 0 Å². The van der Waals surface area contributed by atoms with Gasteiger partial charge in [-0.3, -0.25) is 0 Å². The van der Waals surface area contributed by atoms with Gasteiger partial charge in [-0.2, -0.15) is 0 Å². The highest BCUT2D eigenvalue weighted by molar-refractivity contribution is 6.09. The van der Waals surface area contributed by atoms with E-state index in [9.17, 15) is 0 Å². The molecule has 0 saturated carbocycles. The summed E-state index contributed by atoms with van der Waals surface area (Å²) in [6, 6.07) is 80.2. The van der Waals surface area contributed by atoms with Crippen LogP contribution in [0.1, 0.15) is 17.7 Å². The summed E-state index contributed by atoms with van der Waals surface area (Å²) in [5.74, 6) is 0.